The second kappa shape index (κ2) is 7.80. The Bertz CT molecular complexity index is 1100. The number of benzene rings is 3. The van der Waals surface area contributed by atoms with E-state index in [0.717, 1.165) is 16.5 Å². The first-order chi connectivity index (χ1) is 13.1. The molecule has 0 heterocycles. The Balaban J connectivity index is 1.75. The predicted molar refractivity (Wildman–Crippen MR) is 103 cm³/mol. The molecular weight excluding hydrogens is 344 g/mol. The standard InChI is InChI=1S/C20H14N4O3/c21-12-16(20(25)23-18-6-3-7-19(11-18)24(26)27)13-22-17-9-8-14-4-1-2-5-15(14)10-17/h1-11,13,22H,(H,23,25)/b16-13-. The fourth-order valence-electron chi connectivity index (χ4n) is 2.48. The lowest BCUT2D eigenvalue weighted by atomic mass is 10.1. The zero-order valence-electron chi connectivity index (χ0n) is 14.0. The van der Waals surface area contributed by atoms with Crippen LogP contribution >= 0.6 is 0 Å². The van der Waals surface area contributed by atoms with Gasteiger partial charge in [0.1, 0.15) is 11.6 Å². The maximum absolute atomic E-state index is 12.2. The topological polar surface area (TPSA) is 108 Å². The summed E-state index contributed by atoms with van der Waals surface area (Å²) in [6.45, 7) is 0. The molecular formula is C20H14N4O3. The second-order valence-electron chi connectivity index (χ2n) is 5.64. The molecule has 0 aliphatic heterocycles. The minimum Gasteiger partial charge on any atom is -0.360 e. The highest BCUT2D eigenvalue weighted by Crippen LogP contribution is 2.20. The Hall–Kier alpha value is -4.18. The number of carbonyl (C=O) groups excluding carboxylic acids is 1. The Morgan fingerprint density at radius 2 is 1.78 bits per heavy atom. The number of nitro benzene ring substituents is 1. The highest BCUT2D eigenvalue weighted by molar-refractivity contribution is 6.06. The highest BCUT2D eigenvalue weighted by Gasteiger charge is 2.12. The number of fused-ring (bicyclic) bond motifs is 1. The molecule has 7 nitrogen and oxygen atoms in total. The van der Waals surface area contributed by atoms with Crippen LogP contribution in [0.15, 0.2) is 78.5 Å². The molecule has 3 aromatic carbocycles. The van der Waals surface area contributed by atoms with Crippen molar-refractivity contribution in [1.29, 1.82) is 5.26 Å². The van der Waals surface area contributed by atoms with Gasteiger partial charge in [-0.05, 0) is 29.0 Å². The molecule has 0 bridgehead atoms. The van der Waals surface area contributed by atoms with E-state index in [0.29, 0.717) is 0 Å². The van der Waals surface area contributed by atoms with Crippen LogP contribution in [-0.2, 0) is 4.79 Å². The van der Waals surface area contributed by atoms with Gasteiger partial charge in [-0.1, -0.05) is 36.4 Å². The number of nitriles is 1. The molecule has 2 N–H and O–H groups in total. The molecule has 0 aliphatic carbocycles. The van der Waals surface area contributed by atoms with Gasteiger partial charge in [-0.25, -0.2) is 0 Å². The monoisotopic (exact) mass is 358 g/mol. The summed E-state index contributed by atoms with van der Waals surface area (Å²) in [6, 6.07) is 20.8. The van der Waals surface area contributed by atoms with Gasteiger partial charge in [-0.15, -0.1) is 0 Å². The summed E-state index contributed by atoms with van der Waals surface area (Å²) in [7, 11) is 0. The number of nitro groups is 1. The van der Waals surface area contributed by atoms with Crippen molar-refractivity contribution in [3.8, 4) is 6.07 Å². The van der Waals surface area contributed by atoms with Gasteiger partial charge in [0.2, 0.25) is 0 Å². The van der Waals surface area contributed by atoms with Gasteiger partial charge in [-0.2, -0.15) is 5.26 Å². The van der Waals surface area contributed by atoms with Gasteiger partial charge in [0.15, 0.2) is 0 Å². The Kier molecular flexibility index (Phi) is 5.10. The van der Waals surface area contributed by atoms with E-state index in [-0.39, 0.29) is 16.9 Å². The van der Waals surface area contributed by atoms with Crippen molar-refractivity contribution in [3.05, 3.63) is 88.6 Å². The average molecular weight is 358 g/mol. The number of anilines is 2. The number of amides is 1. The third-order valence-corrected chi connectivity index (χ3v) is 3.81. The van der Waals surface area contributed by atoms with E-state index in [2.05, 4.69) is 10.6 Å². The minimum absolute atomic E-state index is 0.149. The van der Waals surface area contributed by atoms with E-state index in [1.54, 1.807) is 0 Å². The van der Waals surface area contributed by atoms with Crippen LogP contribution < -0.4 is 10.6 Å². The van der Waals surface area contributed by atoms with E-state index < -0.39 is 10.8 Å². The fourth-order valence-corrected chi connectivity index (χ4v) is 2.48. The normalized spacial score (nSPS) is 10.9. The van der Waals surface area contributed by atoms with Crippen molar-refractivity contribution in [2.24, 2.45) is 0 Å². The molecule has 0 radical (unpaired) electrons. The van der Waals surface area contributed by atoms with Crippen LogP contribution in [0.25, 0.3) is 10.8 Å². The third kappa shape index (κ3) is 4.27. The van der Waals surface area contributed by atoms with Gasteiger partial charge in [0, 0.05) is 29.7 Å². The number of nitrogens with one attached hydrogen (secondary N) is 2. The van der Waals surface area contributed by atoms with Crippen molar-refractivity contribution < 1.29 is 9.72 Å². The Labute approximate surface area is 154 Å². The van der Waals surface area contributed by atoms with E-state index in [1.165, 1.54) is 30.5 Å². The SMILES string of the molecule is N#C/C(=C/Nc1ccc2ccccc2c1)C(=O)Nc1cccc([N+](=O)[O-])c1. The van der Waals surface area contributed by atoms with Gasteiger partial charge in [0.05, 0.1) is 4.92 Å². The molecule has 0 spiro atoms. The molecule has 27 heavy (non-hydrogen) atoms. The summed E-state index contributed by atoms with van der Waals surface area (Å²) in [6.07, 6.45) is 1.30. The zero-order chi connectivity index (χ0) is 19.2. The van der Waals surface area contributed by atoms with Gasteiger partial charge < -0.3 is 10.6 Å². The average Bonchev–Trinajstić information content (AvgIpc) is 2.68. The van der Waals surface area contributed by atoms with Crippen LogP contribution in [0.4, 0.5) is 17.1 Å². The molecule has 0 saturated carbocycles. The van der Waals surface area contributed by atoms with E-state index in [1.807, 2.05) is 48.5 Å². The molecule has 3 aromatic rings. The number of nitrogens with zero attached hydrogens (tertiary/aromatic N) is 2. The van der Waals surface area contributed by atoms with Crippen molar-refractivity contribution in [3.63, 3.8) is 0 Å². The predicted octanol–water partition coefficient (Wildman–Crippen LogP) is 4.21. The Morgan fingerprint density at radius 1 is 1.00 bits per heavy atom. The Morgan fingerprint density at radius 3 is 2.52 bits per heavy atom. The molecule has 132 valence electrons. The number of carbonyl (C=O) groups is 1. The lowest BCUT2D eigenvalue weighted by Gasteiger charge is -2.06. The molecule has 1 amide bonds. The smallest absolute Gasteiger partial charge is 0.271 e. The molecule has 0 fully saturated rings. The molecule has 0 aliphatic rings. The van der Waals surface area contributed by atoms with Crippen LogP contribution in [0.5, 0.6) is 0 Å². The van der Waals surface area contributed by atoms with Crippen molar-refractivity contribution in [1.82, 2.24) is 0 Å². The number of non-ortho nitro benzene ring substituents is 1. The summed E-state index contributed by atoms with van der Waals surface area (Å²) in [5.41, 5.74) is 0.657. The summed E-state index contributed by atoms with van der Waals surface area (Å²) in [4.78, 5) is 22.5. The van der Waals surface area contributed by atoms with E-state index in [4.69, 9.17) is 0 Å². The maximum Gasteiger partial charge on any atom is 0.271 e. The summed E-state index contributed by atoms with van der Waals surface area (Å²) in [5, 5.41) is 27.6. The van der Waals surface area contributed by atoms with Gasteiger partial charge >= 0.3 is 0 Å². The highest BCUT2D eigenvalue weighted by atomic mass is 16.6. The minimum atomic E-state index is -0.661. The molecule has 3 rings (SSSR count). The quantitative estimate of drug-likeness (QED) is 0.307. The zero-order valence-corrected chi connectivity index (χ0v) is 14.0. The van der Waals surface area contributed by atoms with Gasteiger partial charge in [0.25, 0.3) is 11.6 Å². The summed E-state index contributed by atoms with van der Waals surface area (Å²) < 4.78 is 0. The fraction of sp³-hybridized carbons (Fsp3) is 0. The van der Waals surface area contributed by atoms with Crippen LogP contribution in [-0.4, -0.2) is 10.8 Å². The summed E-state index contributed by atoms with van der Waals surface area (Å²) in [5.74, 6) is -0.661. The number of hydrogen-bond donors (Lipinski definition) is 2. The van der Waals surface area contributed by atoms with Crippen molar-refractivity contribution in [2.45, 2.75) is 0 Å². The number of rotatable bonds is 5. The van der Waals surface area contributed by atoms with Crippen LogP contribution in [0.1, 0.15) is 0 Å². The van der Waals surface area contributed by atoms with E-state index >= 15 is 0 Å². The third-order valence-electron chi connectivity index (χ3n) is 3.81. The van der Waals surface area contributed by atoms with Crippen molar-refractivity contribution >= 4 is 33.7 Å². The second-order valence-corrected chi connectivity index (χ2v) is 5.64. The lowest BCUT2D eigenvalue weighted by molar-refractivity contribution is -0.384. The first-order valence-corrected chi connectivity index (χ1v) is 7.98. The van der Waals surface area contributed by atoms with Crippen LogP contribution in [0, 0.1) is 21.4 Å². The maximum atomic E-state index is 12.2. The molecule has 0 aromatic heterocycles. The molecule has 0 saturated heterocycles. The van der Waals surface area contributed by atoms with Gasteiger partial charge in [-0.3, -0.25) is 14.9 Å². The summed E-state index contributed by atoms with van der Waals surface area (Å²) >= 11 is 0. The lowest BCUT2D eigenvalue weighted by Crippen LogP contribution is -2.14. The van der Waals surface area contributed by atoms with E-state index in [9.17, 15) is 20.2 Å². The number of hydrogen-bond acceptors (Lipinski definition) is 5. The first kappa shape index (κ1) is 17.6. The molecule has 7 heteroatoms. The van der Waals surface area contributed by atoms with Crippen LogP contribution in [0.2, 0.25) is 0 Å². The first-order valence-electron chi connectivity index (χ1n) is 7.98. The van der Waals surface area contributed by atoms with Crippen molar-refractivity contribution in [2.75, 3.05) is 10.6 Å². The molecule has 0 atom stereocenters. The van der Waals surface area contributed by atoms with Crippen LogP contribution in [0.3, 0.4) is 0 Å². The largest absolute Gasteiger partial charge is 0.360 e. The molecule has 0 unspecified atom stereocenters.